The molecule has 3 amide bonds. The number of rotatable bonds is 3. The van der Waals surface area contributed by atoms with E-state index in [9.17, 15) is 28.9 Å². The van der Waals surface area contributed by atoms with E-state index < -0.39 is 51.9 Å². The van der Waals surface area contributed by atoms with E-state index in [0.29, 0.717) is 24.2 Å². The number of methoxy groups -OCH3 is 1. The van der Waals surface area contributed by atoms with Gasteiger partial charge in [0.2, 0.25) is 17.7 Å². The van der Waals surface area contributed by atoms with E-state index in [4.69, 9.17) is 4.74 Å². The lowest BCUT2D eigenvalue weighted by molar-refractivity contribution is -0.384. The molecule has 34 heavy (non-hydrogen) atoms. The van der Waals surface area contributed by atoms with Crippen LogP contribution in [0.5, 0.6) is 5.75 Å². The van der Waals surface area contributed by atoms with Crippen molar-refractivity contribution in [1.29, 1.82) is 0 Å². The average Bonchev–Trinajstić information content (AvgIpc) is 3.52. The summed E-state index contributed by atoms with van der Waals surface area (Å²) in [5, 5.41) is 14.1. The zero-order valence-electron chi connectivity index (χ0n) is 18.0. The standard InChI is InChI=1S/C23H19FN4O6/c1-34-17-7-5-12(28(32)33)10-16(17)27-20(29)18-15-3-2-8-26(15)23(19(18)21(27)30)13-9-11(24)4-6-14(13)25-22(23)31/h4-7,9-10,15,18-19H,2-3,8H2,1H3,(H,25,31)/t15-,18+,19-,23+/m0/s1. The minimum atomic E-state index is -1.53. The van der Waals surface area contributed by atoms with E-state index in [0.717, 1.165) is 17.4 Å². The van der Waals surface area contributed by atoms with Crippen LogP contribution in [0, 0.1) is 27.8 Å². The maximum Gasteiger partial charge on any atom is 0.271 e. The Balaban J connectivity index is 1.56. The highest BCUT2D eigenvalue weighted by atomic mass is 19.1. The predicted octanol–water partition coefficient (Wildman–Crippen LogP) is 2.17. The van der Waals surface area contributed by atoms with Gasteiger partial charge >= 0.3 is 0 Å². The van der Waals surface area contributed by atoms with Gasteiger partial charge in [0.15, 0.2) is 0 Å². The number of anilines is 2. The van der Waals surface area contributed by atoms with Crippen molar-refractivity contribution in [3.8, 4) is 5.75 Å². The number of amides is 3. The molecule has 1 N–H and O–H groups in total. The third-order valence-corrected chi connectivity index (χ3v) is 7.57. The van der Waals surface area contributed by atoms with E-state index in [2.05, 4.69) is 5.32 Å². The summed E-state index contributed by atoms with van der Waals surface area (Å²) in [4.78, 5) is 54.8. The molecule has 2 aromatic rings. The lowest BCUT2D eigenvalue weighted by atomic mass is 9.75. The average molecular weight is 466 g/mol. The molecule has 174 valence electrons. The molecule has 10 nitrogen and oxygen atoms in total. The van der Waals surface area contributed by atoms with Crippen molar-refractivity contribution in [2.24, 2.45) is 11.8 Å². The third-order valence-electron chi connectivity index (χ3n) is 7.57. The van der Waals surface area contributed by atoms with Crippen LogP contribution in [0.1, 0.15) is 18.4 Å². The van der Waals surface area contributed by atoms with E-state index in [1.165, 1.54) is 37.4 Å². The number of nitro benzene ring substituents is 1. The number of imide groups is 1. The zero-order chi connectivity index (χ0) is 23.9. The third kappa shape index (κ3) is 2.34. The van der Waals surface area contributed by atoms with Crippen LogP contribution in [-0.4, -0.2) is 47.2 Å². The number of nitrogens with one attached hydrogen (secondary N) is 1. The molecule has 0 aliphatic carbocycles. The first-order chi connectivity index (χ1) is 16.3. The quantitative estimate of drug-likeness (QED) is 0.418. The summed E-state index contributed by atoms with van der Waals surface area (Å²) in [5.41, 5.74) is -1.13. The highest BCUT2D eigenvalue weighted by Crippen LogP contribution is 2.61. The molecule has 0 radical (unpaired) electrons. The number of fused-ring (bicyclic) bond motifs is 7. The Hall–Kier alpha value is -3.86. The molecule has 11 heteroatoms. The number of nitrogens with zero attached hydrogens (tertiary/aromatic N) is 3. The molecule has 4 aliphatic heterocycles. The Morgan fingerprint density at radius 1 is 1.18 bits per heavy atom. The predicted molar refractivity (Wildman–Crippen MR) is 116 cm³/mol. The molecule has 4 heterocycles. The van der Waals surface area contributed by atoms with Crippen LogP contribution < -0.4 is 15.0 Å². The summed E-state index contributed by atoms with van der Waals surface area (Å²) < 4.78 is 19.6. The van der Waals surface area contributed by atoms with Gasteiger partial charge in [-0.1, -0.05) is 0 Å². The summed E-state index contributed by atoms with van der Waals surface area (Å²) in [6.07, 6.45) is 1.31. The van der Waals surface area contributed by atoms with Gasteiger partial charge in [-0.3, -0.25) is 29.4 Å². The van der Waals surface area contributed by atoms with Crippen molar-refractivity contribution >= 4 is 34.8 Å². The fraction of sp³-hybridized carbons (Fsp3) is 0.348. The molecular formula is C23H19FN4O6. The lowest BCUT2D eigenvalue weighted by Crippen LogP contribution is -2.54. The summed E-state index contributed by atoms with van der Waals surface area (Å²) in [6.45, 7) is 0.488. The van der Waals surface area contributed by atoms with Gasteiger partial charge in [-0.05, 0) is 43.7 Å². The summed E-state index contributed by atoms with van der Waals surface area (Å²) in [5.74, 6) is -4.05. The number of carbonyl (C=O) groups is 3. The maximum atomic E-state index is 14.3. The minimum Gasteiger partial charge on any atom is -0.495 e. The van der Waals surface area contributed by atoms with Crippen molar-refractivity contribution in [1.82, 2.24) is 4.90 Å². The van der Waals surface area contributed by atoms with Gasteiger partial charge < -0.3 is 10.1 Å². The van der Waals surface area contributed by atoms with Crippen LogP contribution in [0.15, 0.2) is 36.4 Å². The van der Waals surface area contributed by atoms with Crippen molar-refractivity contribution in [3.63, 3.8) is 0 Å². The van der Waals surface area contributed by atoms with Gasteiger partial charge in [0.25, 0.3) is 5.69 Å². The van der Waals surface area contributed by atoms with Crippen LogP contribution in [-0.2, 0) is 19.9 Å². The Morgan fingerprint density at radius 2 is 1.97 bits per heavy atom. The lowest BCUT2D eigenvalue weighted by Gasteiger charge is -2.36. The molecule has 0 unspecified atom stereocenters. The van der Waals surface area contributed by atoms with Gasteiger partial charge in [0, 0.05) is 29.4 Å². The largest absolute Gasteiger partial charge is 0.495 e. The molecule has 0 aromatic heterocycles. The Morgan fingerprint density at radius 3 is 2.71 bits per heavy atom. The fourth-order valence-corrected chi connectivity index (χ4v) is 6.38. The molecule has 4 atom stereocenters. The molecular weight excluding hydrogens is 447 g/mol. The molecule has 3 fully saturated rings. The van der Waals surface area contributed by atoms with Gasteiger partial charge in [-0.2, -0.15) is 0 Å². The molecule has 2 aromatic carbocycles. The van der Waals surface area contributed by atoms with Gasteiger partial charge in [-0.25, -0.2) is 9.29 Å². The first-order valence-corrected chi connectivity index (χ1v) is 10.9. The van der Waals surface area contributed by atoms with Crippen LogP contribution in [0.3, 0.4) is 0 Å². The number of benzene rings is 2. The van der Waals surface area contributed by atoms with E-state index in [-0.39, 0.29) is 17.1 Å². The molecule has 6 rings (SSSR count). The topological polar surface area (TPSA) is 122 Å². The SMILES string of the molecule is COc1ccc([N+](=O)[O-])cc1N1C(=O)[C@H]2[C@@H](C1=O)[C@]1(C(=O)Nc3ccc(F)cc31)N1CCC[C@@H]21. The van der Waals surface area contributed by atoms with Crippen LogP contribution >= 0.6 is 0 Å². The van der Waals surface area contributed by atoms with Crippen molar-refractivity contribution in [2.45, 2.75) is 24.4 Å². The number of ether oxygens (including phenoxy) is 1. The summed E-state index contributed by atoms with van der Waals surface area (Å²) in [6, 6.07) is 7.21. The summed E-state index contributed by atoms with van der Waals surface area (Å²) in [7, 11) is 1.33. The van der Waals surface area contributed by atoms with Crippen molar-refractivity contribution in [3.05, 3.63) is 57.9 Å². The molecule has 0 bridgehead atoms. The van der Waals surface area contributed by atoms with Crippen LogP contribution in [0.25, 0.3) is 0 Å². The molecule has 1 spiro atoms. The fourth-order valence-electron chi connectivity index (χ4n) is 6.38. The monoisotopic (exact) mass is 466 g/mol. The smallest absolute Gasteiger partial charge is 0.271 e. The highest BCUT2D eigenvalue weighted by molar-refractivity contribution is 6.26. The number of hydrogen-bond donors (Lipinski definition) is 1. The maximum absolute atomic E-state index is 14.3. The number of hydrogen-bond acceptors (Lipinski definition) is 7. The number of non-ortho nitro benzene ring substituents is 1. The van der Waals surface area contributed by atoms with Gasteiger partial charge in [-0.15, -0.1) is 0 Å². The van der Waals surface area contributed by atoms with Crippen LogP contribution in [0.2, 0.25) is 0 Å². The van der Waals surface area contributed by atoms with E-state index >= 15 is 0 Å². The van der Waals surface area contributed by atoms with Crippen molar-refractivity contribution < 1.29 is 28.4 Å². The number of nitro groups is 1. The second-order valence-electron chi connectivity index (χ2n) is 8.94. The van der Waals surface area contributed by atoms with Gasteiger partial charge in [0.1, 0.15) is 22.8 Å². The van der Waals surface area contributed by atoms with Crippen LogP contribution in [0.4, 0.5) is 21.5 Å². The molecule has 4 aliphatic rings. The summed E-state index contributed by atoms with van der Waals surface area (Å²) >= 11 is 0. The van der Waals surface area contributed by atoms with Crippen molar-refractivity contribution in [2.75, 3.05) is 23.9 Å². The van der Waals surface area contributed by atoms with E-state index in [1.807, 2.05) is 4.90 Å². The highest BCUT2D eigenvalue weighted by Gasteiger charge is 2.74. The Kier molecular flexibility index (Phi) is 4.16. The van der Waals surface area contributed by atoms with E-state index in [1.54, 1.807) is 0 Å². The first kappa shape index (κ1) is 20.7. The molecule has 0 saturated carbocycles. The first-order valence-electron chi connectivity index (χ1n) is 10.9. The second-order valence-corrected chi connectivity index (χ2v) is 8.94. The molecule has 3 saturated heterocycles. The number of carbonyl (C=O) groups excluding carboxylic acids is 3. The second kappa shape index (κ2) is 6.83. The normalized spacial score (nSPS) is 29.4. The zero-order valence-corrected chi connectivity index (χ0v) is 18.0. The minimum absolute atomic E-state index is 0.0429. The Labute approximate surface area is 192 Å². The van der Waals surface area contributed by atoms with Gasteiger partial charge in [0.05, 0.1) is 23.9 Å². The Bertz CT molecular complexity index is 1310. The number of halogens is 1.